The molecule has 0 amide bonds. The molecule has 0 aromatic heterocycles. The van der Waals surface area contributed by atoms with Gasteiger partial charge in [-0.3, -0.25) is 14.4 Å². The number of unbranched alkanes of at least 4 members (excludes halogenated alkanes) is 36. The molecule has 402 valence electrons. The normalized spacial score (nSPS) is 12.3. The Balaban J connectivity index is 4.40. The van der Waals surface area contributed by atoms with Gasteiger partial charge >= 0.3 is 17.9 Å². The first-order valence-electron chi connectivity index (χ1n) is 30.1. The van der Waals surface area contributed by atoms with Crippen LogP contribution in [0.2, 0.25) is 0 Å². The predicted molar refractivity (Wildman–Crippen MR) is 298 cm³/mol. The second-order valence-electron chi connectivity index (χ2n) is 20.3. The molecular weight excluding hydrogens is 853 g/mol. The van der Waals surface area contributed by atoms with Crippen molar-refractivity contribution < 1.29 is 28.6 Å². The molecule has 0 unspecified atom stereocenters. The van der Waals surface area contributed by atoms with Gasteiger partial charge in [-0.05, 0) is 57.8 Å². The summed E-state index contributed by atoms with van der Waals surface area (Å²) in [6.07, 6.45) is 71.1. The highest BCUT2D eigenvalue weighted by Gasteiger charge is 2.19. The van der Waals surface area contributed by atoms with Gasteiger partial charge < -0.3 is 14.2 Å². The minimum atomic E-state index is -0.791. The van der Waals surface area contributed by atoms with E-state index < -0.39 is 6.10 Å². The third-order valence-electron chi connectivity index (χ3n) is 13.3. The lowest BCUT2D eigenvalue weighted by Crippen LogP contribution is -2.30. The zero-order valence-corrected chi connectivity index (χ0v) is 46.1. The second kappa shape index (κ2) is 57.9. The van der Waals surface area contributed by atoms with Gasteiger partial charge in [0.1, 0.15) is 13.2 Å². The quantitative estimate of drug-likeness (QED) is 0.0262. The Kier molecular flexibility index (Phi) is 55.7. The number of ether oxygens (including phenoxy) is 3. The molecule has 1 atom stereocenters. The fourth-order valence-electron chi connectivity index (χ4n) is 8.79. The molecule has 0 N–H and O–H groups in total. The summed E-state index contributed by atoms with van der Waals surface area (Å²) in [5.74, 6) is -0.924. The van der Waals surface area contributed by atoms with Gasteiger partial charge in [-0.15, -0.1) is 0 Å². The van der Waals surface area contributed by atoms with E-state index in [2.05, 4.69) is 69.4 Å². The monoisotopic (exact) mass is 967 g/mol. The van der Waals surface area contributed by atoms with E-state index in [1.807, 2.05) is 0 Å². The first-order valence-corrected chi connectivity index (χ1v) is 30.1. The van der Waals surface area contributed by atoms with E-state index in [0.717, 1.165) is 64.2 Å². The van der Waals surface area contributed by atoms with Crippen LogP contribution in [0, 0.1) is 0 Å². The maximum atomic E-state index is 12.9. The number of hydrogen-bond acceptors (Lipinski definition) is 6. The lowest BCUT2D eigenvalue weighted by atomic mass is 10.0. The number of allylic oxidation sites excluding steroid dienone is 8. The Hall–Kier alpha value is -2.63. The fraction of sp³-hybridized carbons (Fsp3) is 0.825. The van der Waals surface area contributed by atoms with E-state index in [-0.39, 0.29) is 37.5 Å². The summed E-state index contributed by atoms with van der Waals surface area (Å²) in [6.45, 7) is 6.61. The van der Waals surface area contributed by atoms with Crippen LogP contribution in [-0.2, 0) is 28.6 Å². The van der Waals surface area contributed by atoms with E-state index in [0.29, 0.717) is 19.3 Å². The predicted octanol–water partition coefficient (Wildman–Crippen LogP) is 20.2. The van der Waals surface area contributed by atoms with Crippen molar-refractivity contribution in [1.82, 2.24) is 0 Å². The zero-order chi connectivity index (χ0) is 50.0. The van der Waals surface area contributed by atoms with Gasteiger partial charge in [-0.25, -0.2) is 0 Å². The summed E-state index contributed by atoms with van der Waals surface area (Å²) in [5.41, 5.74) is 0. The smallest absolute Gasteiger partial charge is 0.306 e. The van der Waals surface area contributed by atoms with Crippen LogP contribution < -0.4 is 0 Å². The van der Waals surface area contributed by atoms with Gasteiger partial charge in [-0.1, -0.05) is 288 Å². The van der Waals surface area contributed by atoms with Crippen LogP contribution in [-0.4, -0.2) is 37.2 Å². The van der Waals surface area contributed by atoms with Crippen LogP contribution in [0.3, 0.4) is 0 Å². The van der Waals surface area contributed by atoms with Crippen LogP contribution >= 0.6 is 0 Å². The van der Waals surface area contributed by atoms with Crippen molar-refractivity contribution in [2.24, 2.45) is 0 Å². The average Bonchev–Trinajstić information content (AvgIpc) is 3.35. The minimum absolute atomic E-state index is 0.0853. The molecule has 0 heterocycles. The average molecular weight is 968 g/mol. The Morgan fingerprint density at radius 3 is 0.870 bits per heavy atom. The molecule has 0 rings (SSSR count). The first kappa shape index (κ1) is 66.4. The summed E-state index contributed by atoms with van der Waals surface area (Å²) in [5, 5.41) is 0. The van der Waals surface area contributed by atoms with Gasteiger partial charge in [0, 0.05) is 19.3 Å². The van der Waals surface area contributed by atoms with Crippen LogP contribution in [0.25, 0.3) is 0 Å². The molecule has 0 aliphatic heterocycles. The van der Waals surface area contributed by atoms with Crippen molar-refractivity contribution in [1.29, 1.82) is 0 Å². The number of rotatable bonds is 55. The van der Waals surface area contributed by atoms with E-state index >= 15 is 0 Å². The molecule has 0 aliphatic rings. The Bertz CT molecular complexity index is 1200. The minimum Gasteiger partial charge on any atom is -0.462 e. The lowest BCUT2D eigenvalue weighted by Gasteiger charge is -2.18. The van der Waals surface area contributed by atoms with Crippen molar-refractivity contribution >= 4 is 17.9 Å². The standard InChI is InChI=1S/C63H114O6/c1-4-7-10-13-16-19-22-25-28-30-31-33-36-39-42-45-48-51-54-57-63(66)69-60(58-67-61(64)55-52-49-46-43-40-37-34-27-24-21-18-15-12-9-6-3)59-68-62(65)56-53-50-47-44-41-38-35-32-29-26-23-20-17-14-11-8-5-2/h17,20,26,29,35,38,44,47,60H,4-16,18-19,21-25,27-28,30-34,36-37,39-43,45-46,48-59H2,1-3H3/b20-17-,29-26-,38-35-,47-44-/t60-/m0/s1. The van der Waals surface area contributed by atoms with Crippen molar-refractivity contribution in [3.63, 3.8) is 0 Å². The highest BCUT2D eigenvalue weighted by atomic mass is 16.6. The van der Waals surface area contributed by atoms with Gasteiger partial charge in [0.2, 0.25) is 0 Å². The van der Waals surface area contributed by atoms with E-state index in [1.54, 1.807) is 0 Å². The maximum Gasteiger partial charge on any atom is 0.306 e. The molecule has 0 saturated heterocycles. The summed E-state index contributed by atoms with van der Waals surface area (Å²) < 4.78 is 16.9. The molecule has 6 heteroatoms. The second-order valence-corrected chi connectivity index (χ2v) is 20.3. The molecular formula is C63H114O6. The van der Waals surface area contributed by atoms with Gasteiger partial charge in [0.05, 0.1) is 0 Å². The molecule has 0 aliphatic carbocycles. The summed E-state index contributed by atoms with van der Waals surface area (Å²) >= 11 is 0. The number of esters is 3. The number of carbonyl (C=O) groups excluding carboxylic acids is 3. The number of carbonyl (C=O) groups is 3. The Morgan fingerprint density at radius 2 is 0.536 bits per heavy atom. The van der Waals surface area contributed by atoms with Gasteiger partial charge in [0.15, 0.2) is 6.10 Å². The SMILES string of the molecule is CCCCC/C=C\C/C=C\C/C=C\C/C=C\CCCC(=O)OC[C@H](COC(=O)CCCCCCCCCCCCCCCCC)OC(=O)CCCCCCCCCCCCCCCCCCCCC. The van der Waals surface area contributed by atoms with Crippen LogP contribution in [0.4, 0.5) is 0 Å². The van der Waals surface area contributed by atoms with E-state index in [1.165, 1.54) is 205 Å². The van der Waals surface area contributed by atoms with Crippen molar-refractivity contribution in [3.8, 4) is 0 Å². The molecule has 6 nitrogen and oxygen atoms in total. The molecule has 0 aromatic rings. The van der Waals surface area contributed by atoms with Crippen molar-refractivity contribution in [2.45, 2.75) is 322 Å². The third-order valence-corrected chi connectivity index (χ3v) is 13.3. The molecule has 0 saturated carbocycles. The summed E-state index contributed by atoms with van der Waals surface area (Å²) in [6, 6.07) is 0. The largest absolute Gasteiger partial charge is 0.462 e. The Morgan fingerprint density at radius 1 is 0.290 bits per heavy atom. The van der Waals surface area contributed by atoms with E-state index in [4.69, 9.17) is 14.2 Å². The molecule has 0 radical (unpaired) electrons. The lowest BCUT2D eigenvalue weighted by molar-refractivity contribution is -0.167. The van der Waals surface area contributed by atoms with E-state index in [9.17, 15) is 14.4 Å². The molecule has 0 spiro atoms. The van der Waals surface area contributed by atoms with Crippen LogP contribution in [0.15, 0.2) is 48.6 Å². The fourth-order valence-corrected chi connectivity index (χ4v) is 8.79. The van der Waals surface area contributed by atoms with Crippen LogP contribution in [0.5, 0.6) is 0 Å². The number of hydrogen-bond donors (Lipinski definition) is 0. The van der Waals surface area contributed by atoms with Crippen molar-refractivity contribution in [2.75, 3.05) is 13.2 Å². The summed E-state index contributed by atoms with van der Waals surface area (Å²) in [4.78, 5) is 38.2. The highest BCUT2D eigenvalue weighted by Crippen LogP contribution is 2.17. The van der Waals surface area contributed by atoms with Gasteiger partial charge in [-0.2, -0.15) is 0 Å². The molecule has 0 aromatic carbocycles. The maximum absolute atomic E-state index is 12.9. The highest BCUT2D eigenvalue weighted by molar-refractivity contribution is 5.71. The van der Waals surface area contributed by atoms with Gasteiger partial charge in [0.25, 0.3) is 0 Å². The van der Waals surface area contributed by atoms with Crippen LogP contribution in [0.1, 0.15) is 316 Å². The molecule has 0 bridgehead atoms. The molecule has 0 fully saturated rings. The van der Waals surface area contributed by atoms with Crippen molar-refractivity contribution in [3.05, 3.63) is 48.6 Å². The first-order chi connectivity index (χ1) is 34.0. The topological polar surface area (TPSA) is 78.9 Å². The molecule has 69 heavy (non-hydrogen) atoms. The third kappa shape index (κ3) is 56.2. The summed E-state index contributed by atoms with van der Waals surface area (Å²) in [7, 11) is 0. The zero-order valence-electron chi connectivity index (χ0n) is 46.1. The Labute approximate surface area is 428 Å².